The van der Waals surface area contributed by atoms with Gasteiger partial charge in [-0.2, -0.15) is 4.31 Å². The van der Waals surface area contributed by atoms with Gasteiger partial charge in [0.15, 0.2) is 11.5 Å². The molecule has 1 fully saturated rings. The number of methoxy groups -OCH3 is 1. The number of piperazine rings is 1. The summed E-state index contributed by atoms with van der Waals surface area (Å²) in [4.78, 5) is 14.5. The number of nitrogens with zero attached hydrogens (tertiary/aromatic N) is 2. The van der Waals surface area contributed by atoms with Crippen molar-refractivity contribution in [1.29, 1.82) is 0 Å². The van der Waals surface area contributed by atoms with Crippen molar-refractivity contribution in [2.45, 2.75) is 11.1 Å². The van der Waals surface area contributed by atoms with Crippen LogP contribution in [0.25, 0.3) is 0 Å². The van der Waals surface area contributed by atoms with E-state index < -0.39 is 10.0 Å². The molecule has 1 aliphatic rings. The number of thiophene rings is 1. The molecule has 1 aromatic carbocycles. The minimum absolute atomic E-state index is 0.169. The summed E-state index contributed by atoms with van der Waals surface area (Å²) >= 11 is 6.89. The lowest BCUT2D eigenvalue weighted by molar-refractivity contribution is 0.0697. The first-order valence-corrected chi connectivity index (χ1v) is 11.4. The largest absolute Gasteiger partial charge is 0.493 e. The Labute approximate surface area is 173 Å². The van der Waals surface area contributed by atoms with E-state index in [0.29, 0.717) is 41.1 Å². The second-order valence-corrected chi connectivity index (χ2v) is 9.93. The molecule has 3 rings (SSSR count). The van der Waals surface area contributed by atoms with Gasteiger partial charge >= 0.3 is 0 Å². The van der Waals surface area contributed by atoms with Crippen molar-refractivity contribution in [1.82, 2.24) is 9.21 Å². The molecule has 1 aromatic heterocycles. The molecule has 0 aliphatic carbocycles. The minimum atomic E-state index is -3.58. The molecule has 1 aliphatic heterocycles. The van der Waals surface area contributed by atoms with Gasteiger partial charge in [0.1, 0.15) is 4.21 Å². The van der Waals surface area contributed by atoms with Crippen LogP contribution in [0.5, 0.6) is 11.5 Å². The van der Waals surface area contributed by atoms with Crippen molar-refractivity contribution < 1.29 is 22.7 Å². The van der Waals surface area contributed by atoms with Crippen LogP contribution in [0.4, 0.5) is 0 Å². The van der Waals surface area contributed by atoms with Gasteiger partial charge in [0.05, 0.1) is 18.1 Å². The lowest BCUT2D eigenvalue weighted by atomic mass is 10.1. The predicted octanol–water partition coefficient (Wildman–Crippen LogP) is 2.96. The predicted molar refractivity (Wildman–Crippen MR) is 108 cm³/mol. The van der Waals surface area contributed by atoms with Gasteiger partial charge in [0, 0.05) is 31.7 Å². The van der Waals surface area contributed by atoms with Crippen LogP contribution in [0.1, 0.15) is 17.3 Å². The summed E-state index contributed by atoms with van der Waals surface area (Å²) in [5.74, 6) is 0.896. The summed E-state index contributed by atoms with van der Waals surface area (Å²) < 4.78 is 38.1. The molecular weight excluding hydrogens is 424 g/mol. The molecule has 0 atom stereocenters. The number of hydrogen-bond donors (Lipinski definition) is 0. The Morgan fingerprint density at radius 3 is 2.43 bits per heavy atom. The SMILES string of the molecule is CCOc1ccc(C(=O)N2CCN(S(=O)(=O)c3ccc(Cl)s3)CC2)cc1OC. The summed E-state index contributed by atoms with van der Waals surface area (Å²) in [5, 5.41) is 0. The number of ether oxygens (including phenoxy) is 2. The molecule has 7 nitrogen and oxygen atoms in total. The number of halogens is 1. The van der Waals surface area contributed by atoms with Gasteiger partial charge in [-0.1, -0.05) is 11.6 Å². The lowest BCUT2D eigenvalue weighted by Crippen LogP contribution is -2.50. The summed E-state index contributed by atoms with van der Waals surface area (Å²) in [7, 11) is -2.06. The number of amides is 1. The van der Waals surface area contributed by atoms with Gasteiger partial charge < -0.3 is 14.4 Å². The van der Waals surface area contributed by atoms with E-state index in [0.717, 1.165) is 11.3 Å². The first-order chi connectivity index (χ1) is 13.4. The van der Waals surface area contributed by atoms with E-state index >= 15 is 0 Å². The summed E-state index contributed by atoms with van der Waals surface area (Å²) in [6.45, 7) is 3.46. The first-order valence-electron chi connectivity index (χ1n) is 8.72. The molecule has 2 aromatic rings. The Bertz CT molecular complexity index is 953. The minimum Gasteiger partial charge on any atom is -0.493 e. The summed E-state index contributed by atoms with van der Waals surface area (Å²) in [6.07, 6.45) is 0. The maximum Gasteiger partial charge on any atom is 0.254 e. The Morgan fingerprint density at radius 1 is 1.14 bits per heavy atom. The molecular formula is C18H21ClN2O5S2. The highest BCUT2D eigenvalue weighted by Crippen LogP contribution is 2.30. The van der Waals surface area contributed by atoms with Crippen LogP contribution in [0.15, 0.2) is 34.5 Å². The highest BCUT2D eigenvalue weighted by Gasteiger charge is 2.31. The van der Waals surface area contributed by atoms with Crippen LogP contribution in [-0.2, 0) is 10.0 Å². The Hall–Kier alpha value is -1.81. The molecule has 0 radical (unpaired) electrons. The van der Waals surface area contributed by atoms with Crippen LogP contribution >= 0.6 is 22.9 Å². The highest BCUT2D eigenvalue weighted by atomic mass is 35.5. The van der Waals surface area contributed by atoms with Crippen molar-refractivity contribution in [2.75, 3.05) is 39.9 Å². The van der Waals surface area contributed by atoms with E-state index in [4.69, 9.17) is 21.1 Å². The van der Waals surface area contributed by atoms with Crippen molar-refractivity contribution in [3.63, 3.8) is 0 Å². The maximum absolute atomic E-state index is 12.8. The zero-order valence-corrected chi connectivity index (χ0v) is 17.9. The highest BCUT2D eigenvalue weighted by molar-refractivity contribution is 7.91. The molecule has 0 bridgehead atoms. The summed E-state index contributed by atoms with van der Waals surface area (Å²) in [5.41, 5.74) is 0.474. The lowest BCUT2D eigenvalue weighted by Gasteiger charge is -2.33. The molecule has 1 saturated heterocycles. The number of rotatable bonds is 6. The van der Waals surface area contributed by atoms with Crippen LogP contribution in [0, 0.1) is 0 Å². The maximum atomic E-state index is 12.8. The van der Waals surface area contributed by atoms with Crippen LogP contribution in [0.3, 0.4) is 0 Å². The average molecular weight is 445 g/mol. The molecule has 0 saturated carbocycles. The van der Waals surface area contributed by atoms with E-state index in [-0.39, 0.29) is 23.2 Å². The molecule has 1 amide bonds. The fourth-order valence-corrected chi connectivity index (χ4v) is 6.01. The zero-order chi connectivity index (χ0) is 20.3. The number of carbonyl (C=O) groups is 1. The molecule has 0 unspecified atom stereocenters. The van der Waals surface area contributed by atoms with Gasteiger partial charge in [0.2, 0.25) is 0 Å². The Morgan fingerprint density at radius 2 is 1.86 bits per heavy atom. The van der Waals surface area contributed by atoms with Gasteiger partial charge in [-0.25, -0.2) is 8.42 Å². The van der Waals surface area contributed by atoms with Crippen molar-refractivity contribution in [3.05, 3.63) is 40.2 Å². The molecule has 0 N–H and O–H groups in total. The van der Waals surface area contributed by atoms with Gasteiger partial charge in [-0.05, 0) is 37.3 Å². The number of benzene rings is 1. The molecule has 0 spiro atoms. The third-order valence-electron chi connectivity index (χ3n) is 4.38. The number of carbonyl (C=O) groups excluding carboxylic acids is 1. The monoisotopic (exact) mass is 444 g/mol. The topological polar surface area (TPSA) is 76.2 Å². The number of sulfonamides is 1. The quantitative estimate of drug-likeness (QED) is 0.684. The molecule has 152 valence electrons. The molecule has 28 heavy (non-hydrogen) atoms. The van der Waals surface area contributed by atoms with E-state index in [1.54, 1.807) is 29.2 Å². The van der Waals surface area contributed by atoms with E-state index in [9.17, 15) is 13.2 Å². The normalized spacial score (nSPS) is 15.5. The van der Waals surface area contributed by atoms with Crippen molar-refractivity contribution >= 4 is 38.9 Å². The summed E-state index contributed by atoms with van der Waals surface area (Å²) in [6, 6.07) is 8.11. The Kier molecular flexibility index (Phi) is 6.49. The fraction of sp³-hybridized carbons (Fsp3) is 0.389. The third-order valence-corrected chi connectivity index (χ3v) is 7.98. The van der Waals surface area contributed by atoms with Crippen LogP contribution in [0.2, 0.25) is 4.34 Å². The van der Waals surface area contributed by atoms with Gasteiger partial charge in [-0.3, -0.25) is 4.79 Å². The van der Waals surface area contributed by atoms with Crippen LogP contribution < -0.4 is 9.47 Å². The third kappa shape index (κ3) is 4.27. The van der Waals surface area contributed by atoms with Gasteiger partial charge in [-0.15, -0.1) is 11.3 Å². The standard InChI is InChI=1S/C18H21ClN2O5S2/c1-3-26-14-5-4-13(12-15(14)25-2)18(22)20-8-10-21(11-9-20)28(23,24)17-7-6-16(19)27-17/h4-7,12H,3,8-11H2,1-2H3. The van der Waals surface area contributed by atoms with Crippen molar-refractivity contribution in [2.24, 2.45) is 0 Å². The molecule has 10 heteroatoms. The fourth-order valence-electron chi connectivity index (χ4n) is 2.95. The van der Waals surface area contributed by atoms with E-state index in [2.05, 4.69) is 0 Å². The van der Waals surface area contributed by atoms with Gasteiger partial charge in [0.25, 0.3) is 15.9 Å². The zero-order valence-electron chi connectivity index (χ0n) is 15.6. The molecule has 2 heterocycles. The number of hydrogen-bond acceptors (Lipinski definition) is 6. The van der Waals surface area contributed by atoms with E-state index in [1.807, 2.05) is 6.92 Å². The first kappa shape index (κ1) is 20.9. The van der Waals surface area contributed by atoms with Crippen molar-refractivity contribution in [3.8, 4) is 11.5 Å². The van der Waals surface area contributed by atoms with Crippen LogP contribution in [-0.4, -0.2) is 63.4 Å². The van der Waals surface area contributed by atoms with E-state index in [1.165, 1.54) is 17.5 Å². The smallest absolute Gasteiger partial charge is 0.254 e. The Balaban J connectivity index is 1.68. The second kappa shape index (κ2) is 8.69. The average Bonchev–Trinajstić information content (AvgIpc) is 3.15. The second-order valence-electron chi connectivity index (χ2n) is 6.05.